The molecule has 0 bridgehead atoms. The number of aromatic nitrogens is 3. The van der Waals surface area contributed by atoms with E-state index in [9.17, 15) is 22.0 Å². The number of carbonyl (C=O) groups is 1. The Kier molecular flexibility index (Phi) is 6.96. The Morgan fingerprint density at radius 3 is 2.85 bits per heavy atom. The lowest BCUT2D eigenvalue weighted by molar-refractivity contribution is -0.125. The first-order valence-corrected chi connectivity index (χ1v) is 12.9. The number of aryl methyl sites for hydroxylation is 1. The van der Waals surface area contributed by atoms with Crippen LogP contribution in [0.2, 0.25) is 0 Å². The van der Waals surface area contributed by atoms with Gasteiger partial charge in [0, 0.05) is 24.4 Å². The van der Waals surface area contributed by atoms with Crippen LogP contribution < -0.4 is 15.4 Å². The zero-order valence-corrected chi connectivity index (χ0v) is 19.3. The minimum absolute atomic E-state index is 0.0139. The van der Waals surface area contributed by atoms with Gasteiger partial charge in [0.15, 0.2) is 0 Å². The second-order valence-corrected chi connectivity index (χ2v) is 10.5. The molecule has 0 saturated heterocycles. The van der Waals surface area contributed by atoms with Crippen LogP contribution in [0.25, 0.3) is 11.0 Å². The molecule has 0 fully saturated rings. The van der Waals surface area contributed by atoms with Crippen LogP contribution in [0.3, 0.4) is 0 Å². The number of H-pyrrole nitrogens is 1. The van der Waals surface area contributed by atoms with Crippen LogP contribution in [0, 0.1) is 5.92 Å². The van der Waals surface area contributed by atoms with Gasteiger partial charge in [0.2, 0.25) is 5.91 Å². The van der Waals surface area contributed by atoms with Gasteiger partial charge in [0.1, 0.15) is 33.4 Å². The molecule has 4 rings (SSSR count). The van der Waals surface area contributed by atoms with E-state index in [-0.39, 0.29) is 23.3 Å². The summed E-state index contributed by atoms with van der Waals surface area (Å²) in [5, 5.41) is 6.59. The molecule has 1 aliphatic carbocycles. The number of hydrogen-bond acceptors (Lipinski definition) is 7. The van der Waals surface area contributed by atoms with Gasteiger partial charge in [-0.15, -0.1) is 0 Å². The number of carbonyl (C=O) groups excluding carboxylic acids is 1. The largest absolute Gasteiger partial charge is 0.433 e. The van der Waals surface area contributed by atoms with Gasteiger partial charge in [0.05, 0.1) is 16.8 Å². The summed E-state index contributed by atoms with van der Waals surface area (Å²) in [6.45, 7) is -2.68. The van der Waals surface area contributed by atoms with E-state index in [4.69, 9.17) is 0 Å². The van der Waals surface area contributed by atoms with E-state index in [2.05, 4.69) is 30.3 Å². The Balaban J connectivity index is 1.54. The fourth-order valence-corrected chi connectivity index (χ4v) is 4.81. The first-order chi connectivity index (χ1) is 16.2. The monoisotopic (exact) mass is 493 g/mol. The Labute approximate surface area is 195 Å². The third-order valence-electron chi connectivity index (χ3n) is 5.69. The number of rotatable bonds is 9. The van der Waals surface area contributed by atoms with Crippen molar-refractivity contribution in [3.05, 3.63) is 41.9 Å². The van der Waals surface area contributed by atoms with Gasteiger partial charge < -0.3 is 20.4 Å². The maximum Gasteiger partial charge on any atom is 0.387 e. The average molecular weight is 494 g/mol. The van der Waals surface area contributed by atoms with Gasteiger partial charge in [-0.1, -0.05) is 12.1 Å². The molecule has 2 heterocycles. The quantitative estimate of drug-likeness (QED) is 0.391. The molecule has 1 aliphatic rings. The van der Waals surface area contributed by atoms with Crippen LogP contribution in [0.1, 0.15) is 24.1 Å². The first-order valence-electron chi connectivity index (χ1n) is 10.8. The van der Waals surface area contributed by atoms with E-state index in [1.807, 2.05) is 0 Å². The van der Waals surface area contributed by atoms with Crippen molar-refractivity contribution in [1.82, 2.24) is 20.3 Å². The minimum atomic E-state index is -3.07. The number of halogens is 2. The molecule has 0 spiro atoms. The number of benzene rings is 1. The van der Waals surface area contributed by atoms with Crippen LogP contribution in [0.15, 0.2) is 30.6 Å². The van der Waals surface area contributed by atoms with Crippen molar-refractivity contribution in [2.45, 2.75) is 32.3 Å². The van der Waals surface area contributed by atoms with Crippen molar-refractivity contribution in [3.63, 3.8) is 0 Å². The summed E-state index contributed by atoms with van der Waals surface area (Å²) in [5.74, 6) is 0.0121. The lowest BCUT2D eigenvalue weighted by atomic mass is 9.86. The lowest BCUT2D eigenvalue weighted by Crippen LogP contribution is -2.35. The normalized spacial score (nSPS) is 15.8. The summed E-state index contributed by atoms with van der Waals surface area (Å²) in [6, 6.07) is 6.33. The highest BCUT2D eigenvalue weighted by atomic mass is 32.2. The summed E-state index contributed by atoms with van der Waals surface area (Å²) in [6.07, 6.45) is 4.62. The van der Waals surface area contributed by atoms with Crippen molar-refractivity contribution in [1.29, 1.82) is 0 Å². The van der Waals surface area contributed by atoms with E-state index in [0.29, 0.717) is 54.8 Å². The number of amides is 1. The van der Waals surface area contributed by atoms with Gasteiger partial charge in [-0.05, 0) is 43.4 Å². The molecule has 12 heteroatoms. The van der Waals surface area contributed by atoms with E-state index in [0.717, 1.165) is 11.3 Å². The molecule has 1 amide bonds. The molecular weight excluding hydrogens is 468 g/mol. The number of para-hydroxylation sites is 2. The SMILES string of the molecule is CS(=O)(=O)CCCNC(=O)C1CCc2[nH]c3ncnc(Nc4ccccc4OC(F)F)c3c2C1. The maximum absolute atomic E-state index is 12.8. The highest BCUT2D eigenvalue weighted by molar-refractivity contribution is 7.90. The summed E-state index contributed by atoms with van der Waals surface area (Å²) < 4.78 is 52.8. The number of anilines is 2. The summed E-state index contributed by atoms with van der Waals surface area (Å²) >= 11 is 0. The van der Waals surface area contributed by atoms with Gasteiger partial charge >= 0.3 is 6.61 Å². The zero-order valence-electron chi connectivity index (χ0n) is 18.5. The molecule has 3 aromatic rings. The molecule has 3 N–H and O–H groups in total. The molecule has 182 valence electrons. The zero-order chi connectivity index (χ0) is 24.3. The average Bonchev–Trinajstić information content (AvgIpc) is 3.15. The minimum Gasteiger partial charge on any atom is -0.433 e. The number of fused-ring (bicyclic) bond motifs is 3. The second-order valence-electron chi connectivity index (χ2n) is 8.24. The Morgan fingerprint density at radius 1 is 1.29 bits per heavy atom. The summed E-state index contributed by atoms with van der Waals surface area (Å²) in [4.78, 5) is 24.6. The molecule has 2 aromatic heterocycles. The molecule has 0 aliphatic heterocycles. The number of sulfone groups is 1. The number of nitrogens with zero attached hydrogens (tertiary/aromatic N) is 2. The number of aromatic amines is 1. The Hall–Kier alpha value is -3.28. The highest BCUT2D eigenvalue weighted by Crippen LogP contribution is 2.36. The van der Waals surface area contributed by atoms with Crippen molar-refractivity contribution in [2.24, 2.45) is 5.92 Å². The topological polar surface area (TPSA) is 126 Å². The van der Waals surface area contributed by atoms with Crippen molar-refractivity contribution in [2.75, 3.05) is 23.9 Å². The van der Waals surface area contributed by atoms with E-state index in [1.165, 1.54) is 18.6 Å². The smallest absolute Gasteiger partial charge is 0.387 e. The van der Waals surface area contributed by atoms with E-state index < -0.39 is 16.4 Å². The fourth-order valence-electron chi connectivity index (χ4n) is 4.15. The van der Waals surface area contributed by atoms with Crippen LogP contribution in [-0.2, 0) is 27.5 Å². The van der Waals surface area contributed by atoms with Gasteiger partial charge in [-0.25, -0.2) is 18.4 Å². The van der Waals surface area contributed by atoms with Gasteiger partial charge in [-0.2, -0.15) is 8.78 Å². The van der Waals surface area contributed by atoms with Crippen molar-refractivity contribution >= 4 is 38.3 Å². The maximum atomic E-state index is 12.8. The summed E-state index contributed by atoms with van der Waals surface area (Å²) in [7, 11) is -3.07. The summed E-state index contributed by atoms with van der Waals surface area (Å²) in [5.41, 5.74) is 2.77. The molecule has 1 unspecified atom stereocenters. The fraction of sp³-hybridized carbons (Fsp3) is 0.409. The van der Waals surface area contributed by atoms with Crippen LogP contribution in [0.5, 0.6) is 5.75 Å². The third kappa shape index (κ3) is 5.61. The second kappa shape index (κ2) is 9.92. The van der Waals surface area contributed by atoms with E-state index in [1.54, 1.807) is 18.2 Å². The highest BCUT2D eigenvalue weighted by Gasteiger charge is 2.29. The number of alkyl halides is 2. The Morgan fingerprint density at radius 2 is 2.09 bits per heavy atom. The molecular formula is C22H25F2N5O4S. The van der Waals surface area contributed by atoms with Gasteiger partial charge in [0.25, 0.3) is 0 Å². The molecule has 9 nitrogen and oxygen atoms in total. The third-order valence-corrected chi connectivity index (χ3v) is 6.72. The first kappa shape index (κ1) is 23.9. The number of nitrogens with one attached hydrogen (secondary N) is 3. The molecule has 1 aromatic carbocycles. The Bertz CT molecular complexity index is 1300. The van der Waals surface area contributed by atoms with E-state index >= 15 is 0 Å². The number of hydrogen-bond donors (Lipinski definition) is 3. The predicted octanol–water partition coefficient (Wildman–Crippen LogP) is 2.96. The molecule has 34 heavy (non-hydrogen) atoms. The van der Waals surface area contributed by atoms with Crippen molar-refractivity contribution in [3.8, 4) is 5.75 Å². The number of ether oxygens (including phenoxy) is 1. The van der Waals surface area contributed by atoms with Gasteiger partial charge in [-0.3, -0.25) is 4.79 Å². The van der Waals surface area contributed by atoms with Crippen molar-refractivity contribution < 1.29 is 26.7 Å². The standard InChI is InChI=1S/C22H25F2N5O4S/c1-34(31,32)10-4-9-25-21(30)13-7-8-15-14(11-13)18-19(28-15)26-12-27-20(18)29-16-5-2-3-6-17(16)33-22(23)24/h2-3,5-6,12-13,22H,4,7-11H2,1H3,(H,25,30)(H2,26,27,28,29). The lowest BCUT2D eigenvalue weighted by Gasteiger charge is -2.22. The van der Waals surface area contributed by atoms with Crippen LogP contribution >= 0.6 is 0 Å². The van der Waals surface area contributed by atoms with Crippen LogP contribution in [0.4, 0.5) is 20.3 Å². The van der Waals surface area contributed by atoms with Crippen LogP contribution in [-0.4, -0.2) is 54.4 Å². The molecule has 0 saturated carbocycles. The predicted molar refractivity (Wildman–Crippen MR) is 123 cm³/mol. The molecule has 0 radical (unpaired) electrons. The molecule has 1 atom stereocenters.